The highest BCUT2D eigenvalue weighted by Crippen LogP contribution is 2.38. The van der Waals surface area contributed by atoms with Crippen LogP contribution in [0.2, 0.25) is 0 Å². The SMILES string of the molecule is N#C/C(=C1\C=Cc2ccccc2N1)c1c(C(=O)O)sc2ccccc12. The lowest BCUT2D eigenvalue weighted by Crippen LogP contribution is -2.07. The number of hydrogen-bond donors (Lipinski definition) is 2. The number of carbonyl (C=O) groups is 1. The summed E-state index contributed by atoms with van der Waals surface area (Å²) in [5, 5.41) is 23.4. The number of carboxylic acid groups (broad SMARTS) is 1. The van der Waals surface area contributed by atoms with E-state index in [-0.39, 0.29) is 4.88 Å². The van der Waals surface area contributed by atoms with Crippen molar-refractivity contribution in [2.24, 2.45) is 0 Å². The maximum atomic E-state index is 11.7. The Morgan fingerprint density at radius 3 is 2.64 bits per heavy atom. The smallest absolute Gasteiger partial charge is 0.346 e. The van der Waals surface area contributed by atoms with Crippen molar-refractivity contribution >= 4 is 44.7 Å². The summed E-state index contributed by atoms with van der Waals surface area (Å²) >= 11 is 1.19. The zero-order valence-corrected chi connectivity index (χ0v) is 13.8. The summed E-state index contributed by atoms with van der Waals surface area (Å²) in [6.45, 7) is 0. The van der Waals surface area contributed by atoms with E-state index >= 15 is 0 Å². The Bertz CT molecular complexity index is 1120. The van der Waals surface area contributed by atoms with Crippen molar-refractivity contribution < 1.29 is 9.90 Å². The van der Waals surface area contributed by atoms with Gasteiger partial charge in [0.15, 0.2) is 0 Å². The van der Waals surface area contributed by atoms with Gasteiger partial charge >= 0.3 is 5.97 Å². The number of rotatable bonds is 2. The highest BCUT2D eigenvalue weighted by Gasteiger charge is 2.23. The minimum atomic E-state index is -1.02. The molecule has 5 heteroatoms. The lowest BCUT2D eigenvalue weighted by molar-refractivity contribution is 0.0702. The topological polar surface area (TPSA) is 73.1 Å². The molecule has 4 nitrogen and oxygen atoms in total. The molecule has 0 aliphatic carbocycles. The Morgan fingerprint density at radius 2 is 1.84 bits per heavy atom. The fraction of sp³-hybridized carbons (Fsp3) is 0. The van der Waals surface area contributed by atoms with E-state index in [0.717, 1.165) is 21.3 Å². The molecular formula is C20H12N2O2S. The molecule has 0 bridgehead atoms. The molecule has 0 fully saturated rings. The second-order valence-electron chi connectivity index (χ2n) is 5.55. The lowest BCUT2D eigenvalue weighted by atomic mass is 9.98. The molecule has 120 valence electrons. The van der Waals surface area contributed by atoms with E-state index in [2.05, 4.69) is 11.4 Å². The van der Waals surface area contributed by atoms with Crippen LogP contribution >= 0.6 is 11.3 Å². The molecule has 1 aliphatic rings. The van der Waals surface area contributed by atoms with Gasteiger partial charge in [-0.25, -0.2) is 4.79 Å². The fourth-order valence-corrected chi connectivity index (χ4v) is 4.00. The van der Waals surface area contributed by atoms with E-state index in [1.807, 2.05) is 60.7 Å². The summed E-state index contributed by atoms with van der Waals surface area (Å²) in [4.78, 5) is 11.9. The van der Waals surface area contributed by atoms with Gasteiger partial charge in [-0.3, -0.25) is 0 Å². The summed E-state index contributed by atoms with van der Waals surface area (Å²) < 4.78 is 0.850. The molecule has 2 aromatic carbocycles. The highest BCUT2D eigenvalue weighted by atomic mass is 32.1. The first-order chi connectivity index (χ1) is 12.2. The van der Waals surface area contributed by atoms with Crippen LogP contribution in [0.25, 0.3) is 21.7 Å². The first kappa shape index (κ1) is 15.2. The summed E-state index contributed by atoms with van der Waals surface area (Å²) in [5.41, 5.74) is 3.33. The molecule has 0 radical (unpaired) electrons. The second kappa shape index (κ2) is 5.93. The van der Waals surface area contributed by atoms with Crippen LogP contribution in [-0.2, 0) is 0 Å². The molecular weight excluding hydrogens is 332 g/mol. The summed E-state index contributed by atoms with van der Waals surface area (Å²) in [6.07, 6.45) is 3.74. The van der Waals surface area contributed by atoms with Crippen molar-refractivity contribution in [3.8, 4) is 6.07 Å². The van der Waals surface area contributed by atoms with E-state index < -0.39 is 5.97 Å². The number of benzene rings is 2. The van der Waals surface area contributed by atoms with Gasteiger partial charge in [0.05, 0.1) is 11.3 Å². The van der Waals surface area contributed by atoms with Crippen LogP contribution < -0.4 is 5.32 Å². The number of allylic oxidation sites excluding steroid dienone is 2. The van der Waals surface area contributed by atoms with Gasteiger partial charge < -0.3 is 10.4 Å². The van der Waals surface area contributed by atoms with E-state index in [4.69, 9.17) is 0 Å². The largest absolute Gasteiger partial charge is 0.477 e. The molecule has 0 saturated carbocycles. The number of carboxylic acids is 1. The zero-order chi connectivity index (χ0) is 17.4. The third-order valence-electron chi connectivity index (χ3n) is 4.08. The van der Waals surface area contributed by atoms with Gasteiger partial charge in [0.25, 0.3) is 0 Å². The standard InChI is InChI=1S/C20H12N2O2S/c21-11-14(16-10-9-12-5-1-3-7-15(12)22-16)18-13-6-2-4-8-17(13)25-19(18)20(23)24/h1-10,22H,(H,23,24)/b16-14-. The molecule has 2 heterocycles. The number of aromatic carboxylic acids is 1. The quantitative estimate of drug-likeness (QED) is 0.644. The normalized spacial score (nSPS) is 14.5. The molecule has 1 aromatic heterocycles. The monoisotopic (exact) mass is 344 g/mol. The van der Waals surface area contributed by atoms with Gasteiger partial charge in [0.2, 0.25) is 0 Å². The molecule has 3 aromatic rings. The number of nitrogens with zero attached hydrogens (tertiary/aromatic N) is 1. The minimum absolute atomic E-state index is 0.180. The second-order valence-corrected chi connectivity index (χ2v) is 6.61. The van der Waals surface area contributed by atoms with Crippen LogP contribution in [0.15, 0.2) is 60.3 Å². The summed E-state index contributed by atoms with van der Waals surface area (Å²) in [7, 11) is 0. The summed E-state index contributed by atoms with van der Waals surface area (Å²) in [5.74, 6) is -1.02. The fourth-order valence-electron chi connectivity index (χ4n) is 2.96. The van der Waals surface area contributed by atoms with Crippen LogP contribution in [0.4, 0.5) is 5.69 Å². The molecule has 1 aliphatic heterocycles. The predicted molar refractivity (Wildman–Crippen MR) is 100 cm³/mol. The molecule has 0 atom stereocenters. The zero-order valence-electron chi connectivity index (χ0n) is 13.0. The molecule has 0 spiro atoms. The van der Waals surface area contributed by atoms with Crippen molar-refractivity contribution in [2.75, 3.05) is 5.32 Å². The number of hydrogen-bond acceptors (Lipinski definition) is 4. The number of thiophene rings is 1. The number of anilines is 1. The maximum Gasteiger partial charge on any atom is 0.346 e. The van der Waals surface area contributed by atoms with Crippen LogP contribution in [0.1, 0.15) is 20.8 Å². The lowest BCUT2D eigenvalue weighted by Gasteiger charge is -2.17. The van der Waals surface area contributed by atoms with Gasteiger partial charge in [-0.2, -0.15) is 5.26 Å². The Morgan fingerprint density at radius 1 is 1.08 bits per heavy atom. The van der Waals surface area contributed by atoms with Crippen LogP contribution in [0, 0.1) is 11.3 Å². The Hall–Kier alpha value is -3.36. The molecule has 0 unspecified atom stereocenters. The first-order valence-electron chi connectivity index (χ1n) is 7.62. The van der Waals surface area contributed by atoms with Crippen molar-refractivity contribution in [1.29, 1.82) is 5.26 Å². The maximum absolute atomic E-state index is 11.7. The molecule has 2 N–H and O–H groups in total. The van der Waals surface area contributed by atoms with Crippen LogP contribution in [0.3, 0.4) is 0 Å². The first-order valence-corrected chi connectivity index (χ1v) is 8.44. The van der Waals surface area contributed by atoms with Crippen LogP contribution in [0.5, 0.6) is 0 Å². The molecule has 0 amide bonds. The van der Waals surface area contributed by atoms with Gasteiger partial charge in [-0.1, -0.05) is 42.5 Å². The van der Waals surface area contributed by atoms with Crippen molar-refractivity contribution in [3.63, 3.8) is 0 Å². The summed E-state index contributed by atoms with van der Waals surface area (Å²) in [6, 6.07) is 17.4. The number of nitriles is 1. The number of fused-ring (bicyclic) bond motifs is 2. The van der Waals surface area contributed by atoms with E-state index in [1.165, 1.54) is 11.3 Å². The van der Waals surface area contributed by atoms with Crippen LogP contribution in [-0.4, -0.2) is 11.1 Å². The highest BCUT2D eigenvalue weighted by molar-refractivity contribution is 7.21. The Balaban J connectivity index is 1.98. The van der Waals surface area contributed by atoms with Gasteiger partial charge in [-0.15, -0.1) is 11.3 Å². The average Bonchev–Trinajstić information content (AvgIpc) is 3.02. The predicted octanol–water partition coefficient (Wildman–Crippen LogP) is 4.97. The van der Waals surface area contributed by atoms with Gasteiger partial charge in [-0.05, 0) is 23.8 Å². The third kappa shape index (κ3) is 2.49. The van der Waals surface area contributed by atoms with Gasteiger partial charge in [0, 0.05) is 21.3 Å². The van der Waals surface area contributed by atoms with Crippen molar-refractivity contribution in [1.82, 2.24) is 0 Å². The molecule has 0 saturated heterocycles. The molecule has 4 rings (SSSR count). The minimum Gasteiger partial charge on any atom is -0.477 e. The number of nitrogens with one attached hydrogen (secondary N) is 1. The molecule has 25 heavy (non-hydrogen) atoms. The van der Waals surface area contributed by atoms with E-state index in [1.54, 1.807) is 0 Å². The van der Waals surface area contributed by atoms with E-state index in [9.17, 15) is 15.2 Å². The van der Waals surface area contributed by atoms with Crippen molar-refractivity contribution in [2.45, 2.75) is 0 Å². The Labute approximate surface area is 148 Å². The van der Waals surface area contributed by atoms with Crippen molar-refractivity contribution in [3.05, 3.63) is 76.3 Å². The van der Waals surface area contributed by atoms with E-state index in [0.29, 0.717) is 16.8 Å². The average molecular weight is 344 g/mol. The Kier molecular flexibility index (Phi) is 3.60. The third-order valence-corrected chi connectivity index (χ3v) is 5.24. The number of para-hydroxylation sites is 1. The van der Waals surface area contributed by atoms with Gasteiger partial charge in [0.1, 0.15) is 10.9 Å².